The van der Waals surface area contributed by atoms with Crippen LogP contribution in [0.3, 0.4) is 0 Å². The van der Waals surface area contributed by atoms with Gasteiger partial charge in [0, 0.05) is 28.6 Å². The molecule has 1 atom stereocenters. The summed E-state index contributed by atoms with van der Waals surface area (Å²) in [5.41, 5.74) is 2.82. The van der Waals surface area contributed by atoms with Gasteiger partial charge < -0.3 is 0 Å². The van der Waals surface area contributed by atoms with Crippen molar-refractivity contribution in [1.82, 2.24) is 4.98 Å². The molecule has 4 rings (SSSR count). The van der Waals surface area contributed by atoms with Gasteiger partial charge in [-0.15, -0.1) is 0 Å². The fourth-order valence-electron chi connectivity index (χ4n) is 5.03. The Balaban J connectivity index is 1.43. The maximum Gasteiger partial charge on any atom is 0.163 e. The second-order valence-electron chi connectivity index (χ2n) is 8.48. The number of carbonyl (C=O) groups excluding carboxylic acids is 1. The van der Waals surface area contributed by atoms with Crippen molar-refractivity contribution in [1.29, 1.82) is 0 Å². The second kappa shape index (κ2) is 9.26. The Labute approximate surface area is 182 Å². The number of pyridine rings is 1. The number of hydrogen-bond acceptors (Lipinski definition) is 2. The zero-order valence-corrected chi connectivity index (χ0v) is 18.0. The van der Waals surface area contributed by atoms with Gasteiger partial charge in [-0.05, 0) is 97.5 Å². The molecule has 1 aromatic heterocycles. The van der Waals surface area contributed by atoms with Crippen LogP contribution >= 0.6 is 11.6 Å². The summed E-state index contributed by atoms with van der Waals surface area (Å²) in [7, 11) is 0. The zero-order chi connectivity index (χ0) is 21.1. The van der Waals surface area contributed by atoms with Crippen LogP contribution in [0.1, 0.15) is 67.3 Å². The Morgan fingerprint density at radius 2 is 1.83 bits per heavy atom. The van der Waals surface area contributed by atoms with E-state index in [-0.39, 0.29) is 11.6 Å². The normalized spacial score (nSPS) is 20.2. The van der Waals surface area contributed by atoms with Crippen LogP contribution in [0.15, 0.2) is 54.7 Å². The number of halogens is 2. The molecule has 0 spiro atoms. The average molecular weight is 424 g/mol. The molecular formula is C26H27ClFNO. The summed E-state index contributed by atoms with van der Waals surface area (Å²) in [4.78, 5) is 17.1. The molecule has 156 valence electrons. The highest BCUT2D eigenvalue weighted by Crippen LogP contribution is 2.42. The molecule has 4 heteroatoms. The van der Waals surface area contributed by atoms with Crippen molar-refractivity contribution in [3.8, 4) is 0 Å². The summed E-state index contributed by atoms with van der Waals surface area (Å²) in [6.45, 7) is 2.19. The third-order valence-corrected chi connectivity index (χ3v) is 7.01. The lowest BCUT2D eigenvalue weighted by Gasteiger charge is -2.34. The zero-order valence-electron chi connectivity index (χ0n) is 17.3. The molecule has 0 aliphatic heterocycles. The minimum absolute atomic E-state index is 0.205. The maximum atomic E-state index is 13.8. The van der Waals surface area contributed by atoms with Crippen LogP contribution in [0, 0.1) is 17.7 Å². The molecule has 1 aliphatic carbocycles. The first-order valence-corrected chi connectivity index (χ1v) is 11.3. The minimum atomic E-state index is -0.211. The van der Waals surface area contributed by atoms with Crippen molar-refractivity contribution < 1.29 is 9.18 Å². The average Bonchev–Trinajstić information content (AvgIpc) is 2.77. The number of hydrogen-bond donors (Lipinski definition) is 0. The van der Waals surface area contributed by atoms with E-state index in [4.69, 9.17) is 11.6 Å². The van der Waals surface area contributed by atoms with E-state index in [0.29, 0.717) is 29.2 Å². The van der Waals surface area contributed by atoms with E-state index in [1.165, 1.54) is 11.6 Å². The Hall–Kier alpha value is -2.26. The van der Waals surface area contributed by atoms with E-state index < -0.39 is 0 Å². The third-order valence-electron chi connectivity index (χ3n) is 6.75. The summed E-state index contributed by atoms with van der Waals surface area (Å²) in [6, 6.07) is 14.1. The van der Waals surface area contributed by atoms with E-state index in [0.717, 1.165) is 48.6 Å². The molecule has 3 aromatic rings. The van der Waals surface area contributed by atoms with E-state index in [1.807, 2.05) is 24.4 Å². The Bertz CT molecular complexity index is 1020. The Kier molecular flexibility index (Phi) is 6.48. The molecule has 0 N–H and O–H groups in total. The van der Waals surface area contributed by atoms with Crippen LogP contribution in [0.5, 0.6) is 0 Å². The van der Waals surface area contributed by atoms with Gasteiger partial charge in [0.05, 0.1) is 5.52 Å². The molecule has 0 radical (unpaired) electrons. The largest absolute Gasteiger partial charge is 0.294 e. The van der Waals surface area contributed by atoms with Gasteiger partial charge in [-0.25, -0.2) is 4.39 Å². The van der Waals surface area contributed by atoms with Crippen LogP contribution in [-0.2, 0) is 0 Å². The van der Waals surface area contributed by atoms with Crippen LogP contribution in [-0.4, -0.2) is 10.8 Å². The maximum absolute atomic E-state index is 13.8. The summed E-state index contributed by atoms with van der Waals surface area (Å²) in [6.07, 6.45) is 7.81. The predicted molar refractivity (Wildman–Crippen MR) is 121 cm³/mol. The van der Waals surface area contributed by atoms with Gasteiger partial charge >= 0.3 is 0 Å². The molecule has 0 unspecified atom stereocenters. The molecule has 1 aliphatic rings. The number of ketones is 1. The molecule has 2 nitrogen and oxygen atoms in total. The van der Waals surface area contributed by atoms with Crippen molar-refractivity contribution in [2.45, 2.75) is 51.4 Å². The van der Waals surface area contributed by atoms with Crippen LogP contribution in [0.2, 0.25) is 5.02 Å². The second-order valence-corrected chi connectivity index (χ2v) is 8.91. The molecule has 0 amide bonds. The Morgan fingerprint density at radius 1 is 1.10 bits per heavy atom. The molecule has 0 bridgehead atoms. The lowest BCUT2D eigenvalue weighted by Crippen LogP contribution is -2.23. The third kappa shape index (κ3) is 4.57. The van der Waals surface area contributed by atoms with Gasteiger partial charge in [0.1, 0.15) is 5.82 Å². The number of benzene rings is 2. The molecule has 1 fully saturated rings. The number of fused-ring (bicyclic) bond motifs is 1. The number of carbonyl (C=O) groups is 1. The first-order valence-electron chi connectivity index (χ1n) is 10.9. The van der Waals surface area contributed by atoms with Crippen LogP contribution in [0.4, 0.5) is 4.39 Å². The van der Waals surface area contributed by atoms with Crippen molar-refractivity contribution >= 4 is 28.3 Å². The number of aromatic nitrogens is 1. The monoisotopic (exact) mass is 423 g/mol. The molecule has 2 aromatic carbocycles. The molecular weight excluding hydrogens is 397 g/mol. The fourth-order valence-corrected chi connectivity index (χ4v) is 5.16. The summed E-state index contributed by atoms with van der Waals surface area (Å²) < 4.78 is 13.8. The van der Waals surface area contributed by atoms with E-state index in [9.17, 15) is 9.18 Å². The standard InChI is InChI=1S/C26H27ClFNO/c1-2-17(15-26(30)20-7-9-21(27)10-8-20)18-3-5-19(6-4-18)23-13-14-29-25-12-11-22(28)16-24(23)25/h7-14,16-19H,2-6,15H2,1H3/t17-,18?,19?/m0/s1. The van der Waals surface area contributed by atoms with E-state index in [1.54, 1.807) is 24.3 Å². The van der Waals surface area contributed by atoms with Crippen molar-refractivity contribution in [3.05, 3.63) is 76.7 Å². The highest BCUT2D eigenvalue weighted by atomic mass is 35.5. The van der Waals surface area contributed by atoms with Crippen molar-refractivity contribution in [3.63, 3.8) is 0 Å². The fraction of sp³-hybridized carbons (Fsp3) is 0.385. The smallest absolute Gasteiger partial charge is 0.163 e. The van der Waals surface area contributed by atoms with Crippen LogP contribution in [0.25, 0.3) is 10.9 Å². The van der Waals surface area contributed by atoms with Gasteiger partial charge in [0.25, 0.3) is 0 Å². The highest BCUT2D eigenvalue weighted by molar-refractivity contribution is 6.30. The summed E-state index contributed by atoms with van der Waals surface area (Å²) >= 11 is 5.94. The van der Waals surface area contributed by atoms with Gasteiger partial charge in [0.2, 0.25) is 0 Å². The highest BCUT2D eigenvalue weighted by Gasteiger charge is 2.29. The van der Waals surface area contributed by atoms with Crippen molar-refractivity contribution in [2.24, 2.45) is 11.8 Å². The first-order chi connectivity index (χ1) is 14.5. The topological polar surface area (TPSA) is 30.0 Å². The number of rotatable bonds is 6. The molecule has 0 saturated heterocycles. The Morgan fingerprint density at radius 3 is 2.53 bits per heavy atom. The van der Waals surface area contributed by atoms with E-state index in [2.05, 4.69) is 11.9 Å². The molecule has 1 heterocycles. The quantitative estimate of drug-likeness (QED) is 0.382. The minimum Gasteiger partial charge on any atom is -0.294 e. The van der Waals surface area contributed by atoms with E-state index >= 15 is 0 Å². The van der Waals surface area contributed by atoms with Gasteiger partial charge in [-0.3, -0.25) is 9.78 Å². The van der Waals surface area contributed by atoms with Gasteiger partial charge in [0.15, 0.2) is 5.78 Å². The number of Topliss-reactive ketones (excluding diaryl/α,β-unsaturated/α-hetero) is 1. The summed E-state index contributed by atoms with van der Waals surface area (Å²) in [5.74, 6) is 1.39. The van der Waals surface area contributed by atoms with Crippen molar-refractivity contribution in [2.75, 3.05) is 0 Å². The molecule has 30 heavy (non-hydrogen) atoms. The summed E-state index contributed by atoms with van der Waals surface area (Å²) in [5, 5.41) is 1.59. The predicted octanol–water partition coefficient (Wildman–Crippen LogP) is 7.60. The van der Waals surface area contributed by atoms with Gasteiger partial charge in [-0.2, -0.15) is 0 Å². The lowest BCUT2D eigenvalue weighted by molar-refractivity contribution is 0.0926. The lowest BCUT2D eigenvalue weighted by atomic mass is 9.71. The van der Waals surface area contributed by atoms with Gasteiger partial charge in [-0.1, -0.05) is 24.9 Å². The van der Waals surface area contributed by atoms with Crippen LogP contribution < -0.4 is 0 Å². The first kappa shape index (κ1) is 21.0. The molecule has 1 saturated carbocycles. The SMILES string of the molecule is CC[C@@H](CC(=O)c1ccc(Cl)cc1)C1CCC(c2ccnc3ccc(F)cc23)CC1. The number of nitrogens with zero attached hydrogens (tertiary/aromatic N) is 1.